The fourth-order valence-corrected chi connectivity index (χ4v) is 4.52. The van der Waals surface area contributed by atoms with E-state index in [0.29, 0.717) is 12.2 Å². The molecule has 2 aromatic carbocycles. The molecule has 0 aliphatic carbocycles. The molecule has 1 fully saturated rings. The first-order chi connectivity index (χ1) is 15.6. The van der Waals surface area contributed by atoms with Crippen molar-refractivity contribution in [2.45, 2.75) is 26.7 Å². The summed E-state index contributed by atoms with van der Waals surface area (Å²) in [4.78, 5) is 22.9. The van der Waals surface area contributed by atoms with Gasteiger partial charge in [0.2, 0.25) is 0 Å². The van der Waals surface area contributed by atoms with E-state index in [9.17, 15) is 4.79 Å². The molecule has 6 heteroatoms. The van der Waals surface area contributed by atoms with E-state index < -0.39 is 0 Å². The Balaban J connectivity index is 1.68. The number of ether oxygens (including phenoxy) is 1. The molecule has 2 heterocycles. The quantitative estimate of drug-likeness (QED) is 0.426. The number of piperazine rings is 1. The van der Waals surface area contributed by atoms with Crippen molar-refractivity contribution in [1.82, 2.24) is 14.8 Å². The van der Waals surface area contributed by atoms with Crippen molar-refractivity contribution in [2.75, 3.05) is 39.3 Å². The van der Waals surface area contributed by atoms with Gasteiger partial charge < -0.3 is 9.64 Å². The monoisotopic (exact) mass is 495 g/mol. The number of unbranched alkanes of at least 4 members (excludes halogenated alkanes) is 1. The Morgan fingerprint density at radius 2 is 1.88 bits per heavy atom. The second kappa shape index (κ2) is 10.5. The summed E-state index contributed by atoms with van der Waals surface area (Å²) < 4.78 is 6.61. The predicted octanol–water partition coefficient (Wildman–Crippen LogP) is 5.62. The van der Waals surface area contributed by atoms with E-state index in [1.165, 1.54) is 12.8 Å². The van der Waals surface area contributed by atoms with Gasteiger partial charge in [-0.1, -0.05) is 41.4 Å². The lowest BCUT2D eigenvalue weighted by Crippen LogP contribution is -2.48. The zero-order valence-corrected chi connectivity index (χ0v) is 20.4. The summed E-state index contributed by atoms with van der Waals surface area (Å²) in [5, 5.41) is 0.877. The molecular formula is C26H30BrN3O2. The number of carbonyl (C=O) groups excluding carboxylic acids is 1. The minimum Gasteiger partial charge on any atom is -0.494 e. The van der Waals surface area contributed by atoms with Gasteiger partial charge in [-0.3, -0.25) is 9.69 Å². The maximum atomic E-state index is 13.6. The van der Waals surface area contributed by atoms with Crippen molar-refractivity contribution in [3.8, 4) is 17.0 Å². The number of hydrogen-bond acceptors (Lipinski definition) is 4. The highest BCUT2D eigenvalue weighted by Gasteiger charge is 2.24. The maximum Gasteiger partial charge on any atom is 0.254 e. The molecule has 3 aromatic rings. The van der Waals surface area contributed by atoms with Gasteiger partial charge in [-0.2, -0.15) is 0 Å². The minimum atomic E-state index is 0.0767. The number of fused-ring (bicyclic) bond motifs is 1. The van der Waals surface area contributed by atoms with Crippen LogP contribution in [-0.4, -0.2) is 60.0 Å². The van der Waals surface area contributed by atoms with Crippen molar-refractivity contribution in [3.05, 3.63) is 58.6 Å². The van der Waals surface area contributed by atoms with Crippen LogP contribution in [-0.2, 0) is 0 Å². The predicted molar refractivity (Wildman–Crippen MR) is 133 cm³/mol. The lowest BCUT2D eigenvalue weighted by atomic mass is 10.0. The van der Waals surface area contributed by atoms with Crippen molar-refractivity contribution < 1.29 is 9.53 Å². The standard InChI is InChI=1S/C26H30BrN3O2/c1-3-5-11-29-12-14-30(15-13-29)26(31)23-18-25(19-7-6-8-21(16-19)32-4-2)28-24-10-9-20(27)17-22(23)24/h6-10,16-18H,3-5,11-15H2,1-2H3. The van der Waals surface area contributed by atoms with Crippen LogP contribution in [0.3, 0.4) is 0 Å². The highest BCUT2D eigenvalue weighted by atomic mass is 79.9. The van der Waals surface area contributed by atoms with Gasteiger partial charge in [-0.05, 0) is 56.3 Å². The molecular weight excluding hydrogens is 466 g/mol. The Morgan fingerprint density at radius 3 is 2.62 bits per heavy atom. The van der Waals surface area contributed by atoms with Crippen molar-refractivity contribution in [1.29, 1.82) is 0 Å². The molecule has 0 N–H and O–H groups in total. The topological polar surface area (TPSA) is 45.7 Å². The molecule has 1 amide bonds. The number of halogens is 1. The molecule has 0 radical (unpaired) electrons. The Morgan fingerprint density at radius 1 is 1.06 bits per heavy atom. The molecule has 1 aliphatic heterocycles. The minimum absolute atomic E-state index is 0.0767. The lowest BCUT2D eigenvalue weighted by Gasteiger charge is -2.35. The zero-order chi connectivity index (χ0) is 22.5. The highest BCUT2D eigenvalue weighted by molar-refractivity contribution is 9.10. The fraction of sp³-hybridized carbons (Fsp3) is 0.385. The van der Waals surface area contributed by atoms with E-state index in [4.69, 9.17) is 9.72 Å². The molecule has 5 nitrogen and oxygen atoms in total. The van der Waals surface area contributed by atoms with Crippen LogP contribution in [0.4, 0.5) is 0 Å². The van der Waals surface area contributed by atoms with E-state index in [1.807, 2.05) is 60.4 Å². The van der Waals surface area contributed by atoms with E-state index in [0.717, 1.165) is 65.1 Å². The number of amides is 1. The Bertz CT molecular complexity index is 1090. The molecule has 0 atom stereocenters. The summed E-state index contributed by atoms with van der Waals surface area (Å²) in [5.74, 6) is 0.881. The van der Waals surface area contributed by atoms with Crippen LogP contribution in [0, 0.1) is 0 Å². The number of rotatable bonds is 7. The molecule has 0 bridgehead atoms. The highest BCUT2D eigenvalue weighted by Crippen LogP contribution is 2.30. The number of pyridine rings is 1. The van der Waals surface area contributed by atoms with E-state index in [1.54, 1.807) is 0 Å². The van der Waals surface area contributed by atoms with Crippen LogP contribution in [0.2, 0.25) is 0 Å². The van der Waals surface area contributed by atoms with Gasteiger partial charge in [0.05, 0.1) is 23.4 Å². The molecule has 1 saturated heterocycles. The van der Waals surface area contributed by atoms with E-state index >= 15 is 0 Å². The van der Waals surface area contributed by atoms with Gasteiger partial charge in [-0.25, -0.2) is 4.98 Å². The smallest absolute Gasteiger partial charge is 0.254 e. The van der Waals surface area contributed by atoms with Gasteiger partial charge >= 0.3 is 0 Å². The Labute approximate surface area is 198 Å². The van der Waals surface area contributed by atoms with E-state index in [2.05, 4.69) is 27.8 Å². The molecule has 0 saturated carbocycles. The SMILES string of the molecule is CCCCN1CCN(C(=O)c2cc(-c3cccc(OCC)c3)nc3ccc(Br)cc23)CC1. The number of nitrogens with zero attached hydrogens (tertiary/aromatic N) is 3. The van der Waals surface area contributed by atoms with Gasteiger partial charge in [0.15, 0.2) is 0 Å². The van der Waals surface area contributed by atoms with Crippen LogP contribution in [0.1, 0.15) is 37.0 Å². The molecule has 1 aliphatic rings. The van der Waals surface area contributed by atoms with Crippen LogP contribution in [0.5, 0.6) is 5.75 Å². The third-order valence-corrected chi connectivity index (χ3v) is 6.42. The number of aromatic nitrogens is 1. The van der Waals surface area contributed by atoms with Gasteiger partial charge in [-0.15, -0.1) is 0 Å². The maximum absolute atomic E-state index is 13.6. The summed E-state index contributed by atoms with van der Waals surface area (Å²) in [6.45, 7) is 9.29. The van der Waals surface area contributed by atoms with Gasteiger partial charge in [0.1, 0.15) is 5.75 Å². The molecule has 0 unspecified atom stereocenters. The molecule has 168 valence electrons. The fourth-order valence-electron chi connectivity index (χ4n) is 4.16. The van der Waals surface area contributed by atoms with Crippen LogP contribution in [0.15, 0.2) is 53.0 Å². The van der Waals surface area contributed by atoms with Crippen LogP contribution in [0.25, 0.3) is 22.2 Å². The Hall–Kier alpha value is -2.44. The third-order valence-electron chi connectivity index (χ3n) is 5.93. The molecule has 1 aromatic heterocycles. The summed E-state index contributed by atoms with van der Waals surface area (Å²) >= 11 is 3.56. The lowest BCUT2D eigenvalue weighted by molar-refractivity contribution is 0.0637. The first-order valence-corrected chi connectivity index (χ1v) is 12.2. The molecule has 32 heavy (non-hydrogen) atoms. The average Bonchev–Trinajstić information content (AvgIpc) is 2.82. The first kappa shape index (κ1) is 22.7. The summed E-state index contributed by atoms with van der Waals surface area (Å²) in [6, 6.07) is 15.8. The summed E-state index contributed by atoms with van der Waals surface area (Å²) in [6.07, 6.45) is 2.41. The number of carbonyl (C=O) groups is 1. The second-order valence-electron chi connectivity index (χ2n) is 8.16. The first-order valence-electron chi connectivity index (χ1n) is 11.4. The van der Waals surface area contributed by atoms with Gasteiger partial charge in [0.25, 0.3) is 5.91 Å². The second-order valence-corrected chi connectivity index (χ2v) is 9.08. The van der Waals surface area contributed by atoms with Gasteiger partial charge in [0, 0.05) is 41.6 Å². The third kappa shape index (κ3) is 5.13. The van der Waals surface area contributed by atoms with Crippen LogP contribution < -0.4 is 4.74 Å². The van der Waals surface area contributed by atoms with Crippen molar-refractivity contribution in [3.63, 3.8) is 0 Å². The van der Waals surface area contributed by atoms with Crippen molar-refractivity contribution in [2.24, 2.45) is 0 Å². The average molecular weight is 496 g/mol. The number of hydrogen-bond donors (Lipinski definition) is 0. The summed E-state index contributed by atoms with van der Waals surface area (Å²) in [7, 11) is 0. The normalized spacial score (nSPS) is 14.7. The van der Waals surface area contributed by atoms with Crippen molar-refractivity contribution >= 4 is 32.7 Å². The largest absolute Gasteiger partial charge is 0.494 e. The molecule has 4 rings (SSSR count). The zero-order valence-electron chi connectivity index (χ0n) is 18.8. The van der Waals surface area contributed by atoms with E-state index in [-0.39, 0.29) is 5.91 Å². The summed E-state index contributed by atoms with van der Waals surface area (Å²) in [5.41, 5.74) is 3.25. The Kier molecular flexibility index (Phi) is 7.43. The number of benzene rings is 2. The molecule has 0 spiro atoms. The van der Waals surface area contributed by atoms with Crippen LogP contribution >= 0.6 is 15.9 Å².